The van der Waals surface area contributed by atoms with Crippen molar-refractivity contribution < 1.29 is 4.57 Å². The largest absolute Gasteiger partial charge is 0.299 e. The van der Waals surface area contributed by atoms with E-state index in [2.05, 4.69) is 189 Å². The van der Waals surface area contributed by atoms with Gasteiger partial charge in [-0.3, -0.25) is 0 Å². The molecule has 0 radical (unpaired) electrons. The normalized spacial score (nSPS) is 11.9. The highest BCUT2D eigenvalue weighted by atomic mass is 32.1. The van der Waals surface area contributed by atoms with Gasteiger partial charge in [0, 0.05) is 35.5 Å². The quantitative estimate of drug-likeness (QED) is 0.0601. The van der Waals surface area contributed by atoms with Crippen LogP contribution in [0.15, 0.2) is 127 Å². The van der Waals surface area contributed by atoms with E-state index in [9.17, 15) is 0 Å². The Balaban J connectivity index is 1.10. The van der Waals surface area contributed by atoms with E-state index < -0.39 is 0 Å². The molecule has 4 heterocycles. The summed E-state index contributed by atoms with van der Waals surface area (Å²) in [7, 11) is 4.49. The molecule has 8 aromatic rings. The molecule has 4 aromatic heterocycles. The molecule has 0 amide bonds. The smallest absolute Gasteiger partial charge is 0.224 e. The van der Waals surface area contributed by atoms with E-state index in [0.29, 0.717) is 0 Å². The molecule has 0 saturated heterocycles. The van der Waals surface area contributed by atoms with Crippen molar-refractivity contribution in [3.8, 4) is 42.0 Å². The van der Waals surface area contributed by atoms with Crippen molar-refractivity contribution in [2.75, 3.05) is 0 Å². The predicted molar refractivity (Wildman–Crippen MR) is 266 cm³/mol. The second-order valence-corrected chi connectivity index (χ2v) is 19.3. The third kappa shape index (κ3) is 9.76. The van der Waals surface area contributed by atoms with Gasteiger partial charge in [0.1, 0.15) is 4.88 Å². The number of aryl methyl sites for hydroxylation is 4. The summed E-state index contributed by atoms with van der Waals surface area (Å²) in [5.41, 5.74) is 11.7. The van der Waals surface area contributed by atoms with E-state index in [-0.39, 0.29) is 0 Å². The van der Waals surface area contributed by atoms with Crippen molar-refractivity contribution in [3.05, 3.63) is 159 Å². The van der Waals surface area contributed by atoms with Crippen LogP contribution in [-0.2, 0) is 26.9 Å². The van der Waals surface area contributed by atoms with Crippen LogP contribution < -0.4 is 4.57 Å². The molecule has 0 saturated carbocycles. The lowest BCUT2D eigenvalue weighted by molar-refractivity contribution is -0.633. The Bertz CT molecular complexity index is 2530. The number of fused-ring (bicyclic) bond motifs is 1. The van der Waals surface area contributed by atoms with Gasteiger partial charge in [0.15, 0.2) is 11.0 Å². The van der Waals surface area contributed by atoms with Crippen LogP contribution in [-0.4, -0.2) is 4.57 Å². The summed E-state index contributed by atoms with van der Waals surface area (Å²) in [6.07, 6.45) is 21.8. The molecule has 0 aliphatic carbocycles. The van der Waals surface area contributed by atoms with Gasteiger partial charge >= 0.3 is 0 Å². The topological polar surface area (TPSA) is 8.81 Å². The van der Waals surface area contributed by atoms with Crippen LogP contribution >= 0.6 is 34.0 Å². The fraction of sp³-hybridized carbons (Fsp3) is 0.255. The van der Waals surface area contributed by atoms with Crippen molar-refractivity contribution >= 4 is 69.3 Å². The molecule has 60 heavy (non-hydrogen) atoms. The Morgan fingerprint density at radius 3 is 1.57 bits per heavy atom. The van der Waals surface area contributed by atoms with Crippen molar-refractivity contribution in [1.29, 1.82) is 0 Å². The monoisotopic (exact) mass is 841 g/mol. The van der Waals surface area contributed by atoms with Gasteiger partial charge < -0.3 is 0 Å². The van der Waals surface area contributed by atoms with Crippen molar-refractivity contribution in [2.24, 2.45) is 14.1 Å². The van der Waals surface area contributed by atoms with E-state index in [1.54, 1.807) is 0 Å². The molecule has 304 valence electrons. The molecule has 2 nitrogen and oxygen atoms in total. The van der Waals surface area contributed by atoms with Gasteiger partial charge in [0.05, 0.1) is 14.1 Å². The van der Waals surface area contributed by atoms with Gasteiger partial charge in [0.25, 0.3) is 5.82 Å². The van der Waals surface area contributed by atoms with Gasteiger partial charge in [-0.15, -0.1) is 34.0 Å². The summed E-state index contributed by atoms with van der Waals surface area (Å²) in [6.45, 7) is 4.55. The second kappa shape index (κ2) is 20.0. The molecule has 0 atom stereocenters. The van der Waals surface area contributed by atoms with Crippen LogP contribution in [0.3, 0.4) is 0 Å². The molecule has 0 bridgehead atoms. The lowest BCUT2D eigenvalue weighted by atomic mass is 10.0. The number of hydrogen-bond acceptors (Lipinski definition) is 3. The molecule has 5 heteroatoms. The highest BCUT2D eigenvalue weighted by molar-refractivity contribution is 7.18. The maximum Gasteiger partial charge on any atom is 0.299 e. The predicted octanol–water partition coefficient (Wildman–Crippen LogP) is 16.4. The zero-order chi connectivity index (χ0) is 41.3. The first kappa shape index (κ1) is 41.7. The summed E-state index contributed by atoms with van der Waals surface area (Å²) >= 11 is 5.59. The van der Waals surface area contributed by atoms with Crippen molar-refractivity contribution in [2.45, 2.75) is 78.1 Å². The van der Waals surface area contributed by atoms with E-state index in [4.69, 9.17) is 0 Å². The zero-order valence-electron chi connectivity index (χ0n) is 35.6. The Morgan fingerprint density at radius 1 is 0.483 bits per heavy atom. The SMILES string of the molecule is CCCCCCc1ccc(/C=C/c2ccc(-c3ccc(-c4ccc(/C=C/c5ccc(CCCCCC)cc5)s4)c4c3n(C)c(-c3ccc(-c5ccccc5)s3)[n+]4C)s2)cc1. The minimum absolute atomic E-state index is 1.17. The Kier molecular flexibility index (Phi) is 13.9. The van der Waals surface area contributed by atoms with E-state index in [0.717, 1.165) is 0 Å². The van der Waals surface area contributed by atoms with Crippen LogP contribution in [0.5, 0.6) is 0 Å². The van der Waals surface area contributed by atoms with Gasteiger partial charge in [-0.25, -0.2) is 9.13 Å². The molecule has 4 aromatic carbocycles. The van der Waals surface area contributed by atoms with Gasteiger partial charge in [-0.05, 0) is 114 Å². The van der Waals surface area contributed by atoms with Crippen LogP contribution in [0.4, 0.5) is 0 Å². The number of rotatable bonds is 18. The average molecular weight is 842 g/mol. The molecule has 0 fully saturated rings. The van der Waals surface area contributed by atoms with Gasteiger partial charge in [0.2, 0.25) is 0 Å². The highest BCUT2D eigenvalue weighted by Gasteiger charge is 2.29. The number of aromatic nitrogens is 2. The zero-order valence-corrected chi connectivity index (χ0v) is 38.1. The number of benzene rings is 4. The number of imidazole rings is 1. The first-order valence-corrected chi connectivity index (χ1v) is 24.4. The summed E-state index contributed by atoms with van der Waals surface area (Å²) in [5, 5.41) is 0. The lowest BCUT2D eigenvalue weighted by Gasteiger charge is -2.04. The average Bonchev–Trinajstić information content (AvgIpc) is 4.11. The van der Waals surface area contributed by atoms with E-state index in [1.165, 1.54) is 149 Å². The second-order valence-electron chi connectivity index (χ2n) is 16.0. The number of thiophene rings is 3. The summed E-state index contributed by atoms with van der Waals surface area (Å²) in [4.78, 5) is 7.61. The van der Waals surface area contributed by atoms with Crippen LogP contribution in [0, 0.1) is 0 Å². The maximum atomic E-state index is 2.43. The standard InChI is InChI=1S/C55H57N2S3/c1-5-7-9-12-16-40-20-24-42(25-21-40)28-30-45-32-36-50(58-45)47-34-35-48(51-37-33-46(59-51)31-29-43-26-22-41(23-27-43)17-13-10-8-6-2)54-53(47)56(3)55(57(54)4)52-39-38-49(60-52)44-18-14-11-15-19-44/h11,14-15,18-39H,5-10,12-13,16-17H2,1-4H3/q+1/b30-28+,31-29+. The molecule has 0 aliphatic heterocycles. The fourth-order valence-corrected chi connectivity index (χ4v) is 11.3. The summed E-state index contributed by atoms with van der Waals surface area (Å²) < 4.78 is 4.85. The third-order valence-electron chi connectivity index (χ3n) is 11.6. The number of unbranched alkanes of at least 4 members (excludes halogenated alkanes) is 6. The van der Waals surface area contributed by atoms with Crippen molar-refractivity contribution in [1.82, 2.24) is 4.57 Å². The molecular weight excluding hydrogens is 785 g/mol. The van der Waals surface area contributed by atoms with Crippen molar-refractivity contribution in [3.63, 3.8) is 0 Å². The number of nitrogens with zero attached hydrogens (tertiary/aromatic N) is 2. The fourth-order valence-electron chi connectivity index (χ4n) is 8.27. The maximum absolute atomic E-state index is 2.43. The minimum atomic E-state index is 1.17. The van der Waals surface area contributed by atoms with Crippen LogP contribution in [0.1, 0.15) is 97.2 Å². The number of hydrogen-bond donors (Lipinski definition) is 0. The Hall–Kier alpha value is -5.07. The molecule has 0 unspecified atom stereocenters. The Morgan fingerprint density at radius 2 is 1.00 bits per heavy atom. The molecule has 0 N–H and O–H groups in total. The third-order valence-corrected chi connectivity index (χ3v) is 14.9. The first-order valence-electron chi connectivity index (χ1n) is 21.9. The van der Waals surface area contributed by atoms with E-state index in [1.807, 2.05) is 34.0 Å². The Labute approximate surface area is 369 Å². The molecule has 0 spiro atoms. The van der Waals surface area contributed by atoms with E-state index >= 15 is 0 Å². The lowest BCUT2D eigenvalue weighted by Crippen LogP contribution is -2.30. The van der Waals surface area contributed by atoms with Gasteiger partial charge in [-0.2, -0.15) is 0 Å². The molecule has 0 aliphatic rings. The molecular formula is C55H57N2S3+. The minimum Gasteiger partial charge on any atom is -0.224 e. The summed E-state index contributed by atoms with van der Waals surface area (Å²) in [5.74, 6) is 1.21. The van der Waals surface area contributed by atoms with Gasteiger partial charge in [-0.1, -0.05) is 143 Å². The highest BCUT2D eigenvalue weighted by Crippen LogP contribution is 2.42. The summed E-state index contributed by atoms with van der Waals surface area (Å²) in [6, 6.07) is 47.4. The van der Waals surface area contributed by atoms with Crippen LogP contribution in [0.25, 0.3) is 77.4 Å². The van der Waals surface area contributed by atoms with Crippen LogP contribution in [0.2, 0.25) is 0 Å². The molecule has 8 rings (SSSR count). The first-order chi connectivity index (χ1) is 29.5.